The molecule has 0 saturated carbocycles. The number of nitrogens with zero attached hydrogens (tertiary/aromatic N) is 4. The van der Waals surface area contributed by atoms with Crippen LogP contribution in [-0.4, -0.2) is 45.4 Å². The Morgan fingerprint density at radius 2 is 2.05 bits per heavy atom. The molecule has 1 aromatic carbocycles. The highest BCUT2D eigenvalue weighted by Gasteiger charge is 2.15. The monoisotopic (exact) mass is 306 g/mol. The molecule has 1 saturated heterocycles. The van der Waals surface area contributed by atoms with Gasteiger partial charge in [-0.3, -0.25) is 9.30 Å². The summed E-state index contributed by atoms with van der Waals surface area (Å²) in [7, 11) is 0. The molecular weight excluding hydrogens is 292 g/mol. The number of fused-ring (bicyclic) bond motifs is 3. The second-order valence-electron chi connectivity index (χ2n) is 4.84. The van der Waals surface area contributed by atoms with Crippen LogP contribution in [0.15, 0.2) is 24.3 Å². The third-order valence-corrected chi connectivity index (χ3v) is 4.96. The first-order valence-corrected chi connectivity index (χ1v) is 7.82. The van der Waals surface area contributed by atoms with Crippen LogP contribution < -0.4 is 0 Å². The fourth-order valence-electron chi connectivity index (χ4n) is 2.51. The van der Waals surface area contributed by atoms with E-state index >= 15 is 0 Å². The van der Waals surface area contributed by atoms with Gasteiger partial charge in [-0.2, -0.15) is 0 Å². The van der Waals surface area contributed by atoms with Gasteiger partial charge in [-0.25, -0.2) is 4.68 Å². The molecular formula is C13H14N4OS2. The number of ether oxygens (including phenoxy) is 1. The Kier molecular flexibility index (Phi) is 3.07. The van der Waals surface area contributed by atoms with Gasteiger partial charge in [-0.1, -0.05) is 23.5 Å². The van der Waals surface area contributed by atoms with Gasteiger partial charge in [0.2, 0.25) is 9.73 Å². The molecule has 4 rings (SSSR count). The summed E-state index contributed by atoms with van der Waals surface area (Å²) in [5, 5.41) is 4.66. The van der Waals surface area contributed by atoms with Crippen molar-refractivity contribution in [1.82, 2.24) is 19.1 Å². The Balaban J connectivity index is 1.77. The van der Waals surface area contributed by atoms with Crippen molar-refractivity contribution in [3.63, 3.8) is 0 Å². The average molecular weight is 306 g/mol. The third kappa shape index (κ3) is 1.98. The molecule has 2 aromatic heterocycles. The SMILES string of the molecule is S=c1n(CN2CCOCC2)nc2sc3ccccc3n12. The number of benzene rings is 1. The van der Waals surface area contributed by atoms with E-state index < -0.39 is 0 Å². The highest BCUT2D eigenvalue weighted by molar-refractivity contribution is 7.71. The Hall–Kier alpha value is -1.28. The zero-order valence-corrected chi connectivity index (χ0v) is 12.5. The Morgan fingerprint density at radius 1 is 1.25 bits per heavy atom. The minimum Gasteiger partial charge on any atom is -0.379 e. The van der Waals surface area contributed by atoms with Crippen molar-refractivity contribution in [3.8, 4) is 0 Å². The summed E-state index contributed by atoms with van der Waals surface area (Å²) in [5.74, 6) is 0. The van der Waals surface area contributed by atoms with Crippen LogP contribution in [0.1, 0.15) is 0 Å². The topological polar surface area (TPSA) is 34.7 Å². The van der Waals surface area contributed by atoms with Gasteiger partial charge in [0.15, 0.2) is 0 Å². The Labute approximate surface area is 125 Å². The summed E-state index contributed by atoms with van der Waals surface area (Å²) < 4.78 is 11.3. The quantitative estimate of drug-likeness (QED) is 0.681. The molecule has 1 fully saturated rings. The van der Waals surface area contributed by atoms with Crippen LogP contribution >= 0.6 is 23.6 Å². The second-order valence-corrected chi connectivity index (χ2v) is 6.22. The van der Waals surface area contributed by atoms with Gasteiger partial charge < -0.3 is 4.74 Å². The fraction of sp³-hybridized carbons (Fsp3) is 0.385. The maximum atomic E-state index is 5.59. The summed E-state index contributed by atoms with van der Waals surface area (Å²) in [6, 6.07) is 8.28. The molecule has 0 spiro atoms. The lowest BCUT2D eigenvalue weighted by molar-refractivity contribution is 0.0211. The highest BCUT2D eigenvalue weighted by atomic mass is 32.1. The second kappa shape index (κ2) is 4.92. The molecule has 5 nitrogen and oxygen atoms in total. The fourth-order valence-corrected chi connectivity index (χ4v) is 3.87. The first-order valence-electron chi connectivity index (χ1n) is 6.60. The number of morpholine rings is 1. The molecule has 0 atom stereocenters. The van der Waals surface area contributed by atoms with Crippen LogP contribution in [0.4, 0.5) is 0 Å². The molecule has 3 heterocycles. The van der Waals surface area contributed by atoms with Crippen LogP contribution in [0.5, 0.6) is 0 Å². The number of rotatable bonds is 2. The first kappa shape index (κ1) is 12.5. The number of hydrogen-bond donors (Lipinski definition) is 0. The van der Waals surface area contributed by atoms with Crippen LogP contribution in [0.2, 0.25) is 0 Å². The largest absolute Gasteiger partial charge is 0.379 e. The van der Waals surface area contributed by atoms with Crippen molar-refractivity contribution >= 4 is 38.7 Å². The maximum Gasteiger partial charge on any atom is 0.216 e. The number of aromatic nitrogens is 3. The molecule has 0 unspecified atom stereocenters. The average Bonchev–Trinajstić information content (AvgIpc) is 2.98. The summed E-state index contributed by atoms with van der Waals surface area (Å²) in [5.41, 5.74) is 1.14. The summed E-state index contributed by atoms with van der Waals surface area (Å²) in [4.78, 5) is 3.28. The molecule has 0 radical (unpaired) electrons. The lowest BCUT2D eigenvalue weighted by Gasteiger charge is -2.25. The lowest BCUT2D eigenvalue weighted by Crippen LogP contribution is -2.37. The molecule has 1 aliphatic heterocycles. The standard InChI is InChI=1S/C13H14N4OS2/c19-13-16(9-15-5-7-18-8-6-15)14-12-17(13)10-3-1-2-4-11(10)20-12/h1-4H,5-9H2. The lowest BCUT2D eigenvalue weighted by atomic mass is 10.3. The zero-order valence-electron chi connectivity index (χ0n) is 10.9. The smallest absolute Gasteiger partial charge is 0.216 e. The molecule has 0 amide bonds. The maximum absolute atomic E-state index is 5.59. The van der Waals surface area contributed by atoms with E-state index in [1.807, 2.05) is 16.8 Å². The van der Waals surface area contributed by atoms with Crippen LogP contribution in [-0.2, 0) is 11.4 Å². The van der Waals surface area contributed by atoms with E-state index in [1.54, 1.807) is 11.3 Å². The van der Waals surface area contributed by atoms with E-state index in [0.29, 0.717) is 0 Å². The minimum atomic E-state index is 0.741. The number of para-hydroxylation sites is 1. The van der Waals surface area contributed by atoms with Gasteiger partial charge in [0.25, 0.3) is 0 Å². The summed E-state index contributed by atoms with van der Waals surface area (Å²) >= 11 is 7.27. The van der Waals surface area contributed by atoms with E-state index in [1.165, 1.54) is 4.70 Å². The summed E-state index contributed by atoms with van der Waals surface area (Å²) in [6.07, 6.45) is 0. The Bertz CT molecular complexity index is 813. The minimum absolute atomic E-state index is 0.741. The third-order valence-electron chi connectivity index (χ3n) is 3.55. The van der Waals surface area contributed by atoms with Crippen molar-refractivity contribution in [3.05, 3.63) is 29.0 Å². The molecule has 104 valence electrons. The van der Waals surface area contributed by atoms with Gasteiger partial charge in [-0.05, 0) is 24.4 Å². The zero-order chi connectivity index (χ0) is 13.5. The van der Waals surface area contributed by atoms with Crippen molar-refractivity contribution < 1.29 is 4.74 Å². The predicted octanol–water partition coefficient (Wildman–Crippen LogP) is 2.37. The van der Waals surface area contributed by atoms with Gasteiger partial charge in [0.05, 0.1) is 30.1 Å². The van der Waals surface area contributed by atoms with E-state index in [-0.39, 0.29) is 0 Å². The number of hydrogen-bond acceptors (Lipinski definition) is 5. The highest BCUT2D eigenvalue weighted by Crippen LogP contribution is 2.25. The van der Waals surface area contributed by atoms with Crippen molar-refractivity contribution in [2.75, 3.05) is 26.3 Å². The van der Waals surface area contributed by atoms with Crippen molar-refractivity contribution in [2.45, 2.75) is 6.67 Å². The van der Waals surface area contributed by atoms with Gasteiger partial charge in [0, 0.05) is 13.1 Å². The van der Waals surface area contributed by atoms with Crippen molar-refractivity contribution in [1.29, 1.82) is 0 Å². The molecule has 7 heteroatoms. The van der Waals surface area contributed by atoms with Gasteiger partial charge in [0.1, 0.15) is 0 Å². The molecule has 0 aliphatic carbocycles. The van der Waals surface area contributed by atoms with Gasteiger partial charge in [-0.15, -0.1) is 5.10 Å². The molecule has 1 aliphatic rings. The van der Waals surface area contributed by atoms with Crippen molar-refractivity contribution in [2.24, 2.45) is 0 Å². The van der Waals surface area contributed by atoms with E-state index in [0.717, 1.165) is 48.2 Å². The van der Waals surface area contributed by atoms with Crippen LogP contribution in [0, 0.1) is 4.77 Å². The van der Waals surface area contributed by atoms with Crippen LogP contribution in [0.25, 0.3) is 15.2 Å². The Morgan fingerprint density at radius 3 is 2.90 bits per heavy atom. The molecule has 0 N–H and O–H groups in total. The van der Waals surface area contributed by atoms with E-state index in [9.17, 15) is 0 Å². The molecule has 3 aromatic rings. The van der Waals surface area contributed by atoms with Crippen LogP contribution in [0.3, 0.4) is 0 Å². The summed E-state index contributed by atoms with van der Waals surface area (Å²) in [6.45, 7) is 4.20. The first-order chi connectivity index (χ1) is 9.83. The van der Waals surface area contributed by atoms with E-state index in [2.05, 4.69) is 26.5 Å². The predicted molar refractivity (Wildman–Crippen MR) is 81.8 cm³/mol. The number of thiazole rings is 1. The van der Waals surface area contributed by atoms with E-state index in [4.69, 9.17) is 17.0 Å². The molecule has 20 heavy (non-hydrogen) atoms. The molecule has 0 bridgehead atoms. The van der Waals surface area contributed by atoms with Gasteiger partial charge >= 0.3 is 0 Å². The normalized spacial score (nSPS) is 17.2.